The first-order valence-corrected chi connectivity index (χ1v) is 4.97. The van der Waals surface area contributed by atoms with Crippen molar-refractivity contribution in [2.24, 2.45) is 0 Å². The van der Waals surface area contributed by atoms with Gasteiger partial charge in [0.2, 0.25) is 0 Å². The van der Waals surface area contributed by atoms with Crippen molar-refractivity contribution < 1.29 is 4.39 Å². The van der Waals surface area contributed by atoms with E-state index in [4.69, 9.17) is 5.26 Å². The third-order valence-electron chi connectivity index (χ3n) is 2.43. The monoisotopic (exact) mass is 211 g/mol. The minimum absolute atomic E-state index is 0.255. The molecule has 0 unspecified atom stereocenters. The molecule has 0 aromatic heterocycles. The Morgan fingerprint density at radius 1 is 1.12 bits per heavy atom. The first kappa shape index (κ1) is 10.4. The van der Waals surface area contributed by atoms with Gasteiger partial charge in [-0.15, -0.1) is 0 Å². The number of halogens is 1. The van der Waals surface area contributed by atoms with Gasteiger partial charge in [0.1, 0.15) is 5.82 Å². The molecule has 0 N–H and O–H groups in total. The molecule has 16 heavy (non-hydrogen) atoms. The third kappa shape index (κ3) is 1.94. The minimum atomic E-state index is -0.255. The summed E-state index contributed by atoms with van der Waals surface area (Å²) in [6.45, 7) is 1.85. The van der Waals surface area contributed by atoms with Crippen LogP contribution in [0, 0.1) is 24.1 Å². The van der Waals surface area contributed by atoms with Gasteiger partial charge in [-0.05, 0) is 36.2 Å². The van der Waals surface area contributed by atoms with Crippen LogP contribution in [0.2, 0.25) is 0 Å². The van der Waals surface area contributed by atoms with Crippen molar-refractivity contribution in [1.29, 1.82) is 5.26 Å². The van der Waals surface area contributed by atoms with Crippen molar-refractivity contribution in [1.82, 2.24) is 0 Å². The van der Waals surface area contributed by atoms with Crippen LogP contribution in [0.4, 0.5) is 4.39 Å². The molecule has 0 aliphatic carbocycles. The minimum Gasteiger partial charge on any atom is -0.206 e. The number of aryl methyl sites for hydroxylation is 1. The van der Waals surface area contributed by atoms with Gasteiger partial charge in [0, 0.05) is 5.56 Å². The molecule has 2 rings (SSSR count). The molecule has 2 aromatic rings. The zero-order valence-corrected chi connectivity index (χ0v) is 8.87. The van der Waals surface area contributed by atoms with Gasteiger partial charge in [-0.25, -0.2) is 4.39 Å². The molecule has 0 heterocycles. The fourth-order valence-electron chi connectivity index (χ4n) is 1.61. The van der Waals surface area contributed by atoms with Gasteiger partial charge in [-0.3, -0.25) is 0 Å². The number of benzene rings is 2. The highest BCUT2D eigenvalue weighted by atomic mass is 19.1. The molecule has 0 spiro atoms. The Labute approximate surface area is 93.8 Å². The van der Waals surface area contributed by atoms with Gasteiger partial charge in [0.05, 0.1) is 11.6 Å². The van der Waals surface area contributed by atoms with Crippen LogP contribution in [0.25, 0.3) is 11.1 Å². The SMILES string of the molecule is Cc1ccc(-c2cccc(C#N)c2)c(F)c1. The molecule has 78 valence electrons. The smallest absolute Gasteiger partial charge is 0.131 e. The molecular weight excluding hydrogens is 201 g/mol. The van der Waals surface area contributed by atoms with Crippen LogP contribution < -0.4 is 0 Å². The second-order valence-corrected chi connectivity index (χ2v) is 3.68. The van der Waals surface area contributed by atoms with Crippen molar-refractivity contribution in [3.63, 3.8) is 0 Å². The van der Waals surface area contributed by atoms with E-state index in [9.17, 15) is 4.39 Å². The van der Waals surface area contributed by atoms with Crippen molar-refractivity contribution in [3.8, 4) is 17.2 Å². The van der Waals surface area contributed by atoms with Crippen LogP contribution in [-0.4, -0.2) is 0 Å². The Bertz CT molecular complexity index is 567. The molecule has 0 amide bonds. The summed E-state index contributed by atoms with van der Waals surface area (Å²) in [4.78, 5) is 0. The maximum absolute atomic E-state index is 13.7. The number of nitrogens with zero attached hydrogens (tertiary/aromatic N) is 1. The standard InChI is InChI=1S/C14H10FN/c1-10-5-6-13(14(15)7-10)12-4-2-3-11(8-12)9-16/h2-8H,1H3. The van der Waals surface area contributed by atoms with Crippen LogP contribution in [0.5, 0.6) is 0 Å². The van der Waals surface area contributed by atoms with Crippen LogP contribution in [0.15, 0.2) is 42.5 Å². The summed E-state index contributed by atoms with van der Waals surface area (Å²) < 4.78 is 13.7. The van der Waals surface area contributed by atoms with Crippen LogP contribution in [-0.2, 0) is 0 Å². The Morgan fingerprint density at radius 3 is 2.62 bits per heavy atom. The van der Waals surface area contributed by atoms with Crippen molar-refractivity contribution >= 4 is 0 Å². The predicted molar refractivity (Wildman–Crippen MR) is 61.3 cm³/mol. The van der Waals surface area contributed by atoms with Gasteiger partial charge in [0.25, 0.3) is 0 Å². The highest BCUT2D eigenvalue weighted by molar-refractivity contribution is 5.66. The largest absolute Gasteiger partial charge is 0.206 e. The lowest BCUT2D eigenvalue weighted by Crippen LogP contribution is -1.86. The lowest BCUT2D eigenvalue weighted by Gasteiger charge is -2.04. The molecule has 0 aliphatic heterocycles. The Kier molecular flexibility index (Phi) is 2.70. The molecule has 2 heteroatoms. The molecule has 2 aromatic carbocycles. The summed E-state index contributed by atoms with van der Waals surface area (Å²) in [5.41, 5.74) is 2.69. The van der Waals surface area contributed by atoms with E-state index in [0.29, 0.717) is 11.1 Å². The average molecular weight is 211 g/mol. The molecule has 0 radical (unpaired) electrons. The molecule has 0 saturated carbocycles. The van der Waals surface area contributed by atoms with E-state index in [2.05, 4.69) is 0 Å². The first-order valence-electron chi connectivity index (χ1n) is 4.97. The van der Waals surface area contributed by atoms with Gasteiger partial charge in [0.15, 0.2) is 0 Å². The average Bonchev–Trinajstić information content (AvgIpc) is 2.29. The van der Waals surface area contributed by atoms with E-state index in [0.717, 1.165) is 11.1 Å². The maximum Gasteiger partial charge on any atom is 0.131 e. The predicted octanol–water partition coefficient (Wildman–Crippen LogP) is 3.67. The quantitative estimate of drug-likeness (QED) is 0.706. The molecular formula is C14H10FN. The van der Waals surface area contributed by atoms with Crippen molar-refractivity contribution in [2.75, 3.05) is 0 Å². The van der Waals surface area contributed by atoms with E-state index in [-0.39, 0.29) is 5.82 Å². The molecule has 0 atom stereocenters. The van der Waals surface area contributed by atoms with E-state index in [1.165, 1.54) is 6.07 Å². The van der Waals surface area contributed by atoms with Crippen LogP contribution in [0.3, 0.4) is 0 Å². The number of rotatable bonds is 1. The molecule has 0 bridgehead atoms. The maximum atomic E-state index is 13.7. The number of hydrogen-bond donors (Lipinski definition) is 0. The summed E-state index contributed by atoms with van der Waals surface area (Å²) in [7, 11) is 0. The summed E-state index contributed by atoms with van der Waals surface area (Å²) in [5, 5.41) is 8.78. The Hall–Kier alpha value is -2.14. The molecule has 0 aliphatic rings. The van der Waals surface area contributed by atoms with Gasteiger partial charge in [-0.2, -0.15) is 5.26 Å². The third-order valence-corrected chi connectivity index (χ3v) is 2.43. The van der Waals surface area contributed by atoms with Gasteiger partial charge >= 0.3 is 0 Å². The number of hydrogen-bond acceptors (Lipinski definition) is 1. The fourth-order valence-corrected chi connectivity index (χ4v) is 1.61. The molecule has 1 nitrogen and oxygen atoms in total. The summed E-state index contributed by atoms with van der Waals surface area (Å²) in [6, 6.07) is 14.1. The lowest BCUT2D eigenvalue weighted by atomic mass is 10.0. The van der Waals surface area contributed by atoms with Gasteiger partial charge < -0.3 is 0 Å². The first-order chi connectivity index (χ1) is 7.70. The van der Waals surface area contributed by atoms with Crippen LogP contribution >= 0.6 is 0 Å². The van der Waals surface area contributed by atoms with Crippen molar-refractivity contribution in [3.05, 3.63) is 59.4 Å². The van der Waals surface area contributed by atoms with E-state index in [1.807, 2.05) is 19.1 Å². The second-order valence-electron chi connectivity index (χ2n) is 3.68. The Morgan fingerprint density at radius 2 is 1.94 bits per heavy atom. The van der Waals surface area contributed by atoms with Crippen LogP contribution in [0.1, 0.15) is 11.1 Å². The summed E-state index contributed by atoms with van der Waals surface area (Å²) in [5.74, 6) is -0.255. The zero-order valence-electron chi connectivity index (χ0n) is 8.87. The van der Waals surface area contributed by atoms with E-state index >= 15 is 0 Å². The van der Waals surface area contributed by atoms with Gasteiger partial charge in [-0.1, -0.05) is 24.3 Å². The topological polar surface area (TPSA) is 23.8 Å². The highest BCUT2D eigenvalue weighted by Gasteiger charge is 2.05. The summed E-state index contributed by atoms with van der Waals surface area (Å²) >= 11 is 0. The fraction of sp³-hybridized carbons (Fsp3) is 0.0714. The molecule has 0 saturated heterocycles. The van der Waals surface area contributed by atoms with E-state index in [1.54, 1.807) is 30.3 Å². The Balaban J connectivity index is 2.55. The second kappa shape index (κ2) is 4.16. The number of nitriles is 1. The van der Waals surface area contributed by atoms with E-state index < -0.39 is 0 Å². The van der Waals surface area contributed by atoms with Crippen molar-refractivity contribution in [2.45, 2.75) is 6.92 Å². The normalized spacial score (nSPS) is 9.81. The molecule has 0 fully saturated rings. The lowest BCUT2D eigenvalue weighted by molar-refractivity contribution is 0.630. The summed E-state index contributed by atoms with van der Waals surface area (Å²) in [6.07, 6.45) is 0. The highest BCUT2D eigenvalue weighted by Crippen LogP contribution is 2.24. The zero-order chi connectivity index (χ0) is 11.5.